The lowest BCUT2D eigenvalue weighted by atomic mass is 10.1. The number of carbonyl (C=O) groups excluding carboxylic acids is 1. The second-order valence-electron chi connectivity index (χ2n) is 5.43. The summed E-state index contributed by atoms with van der Waals surface area (Å²) >= 11 is 7.82. The zero-order chi connectivity index (χ0) is 15.8. The van der Waals surface area contributed by atoms with Gasteiger partial charge in [0.1, 0.15) is 0 Å². The summed E-state index contributed by atoms with van der Waals surface area (Å²) in [7, 11) is 0. The maximum atomic E-state index is 12.1. The van der Waals surface area contributed by atoms with Crippen molar-refractivity contribution in [2.45, 2.75) is 6.42 Å². The van der Waals surface area contributed by atoms with E-state index < -0.39 is 0 Å². The molecule has 0 spiro atoms. The number of hydrogen-bond donors (Lipinski definition) is 1. The van der Waals surface area contributed by atoms with E-state index >= 15 is 0 Å². The first kappa shape index (κ1) is 17.4. The molecule has 1 heterocycles. The number of piperazine rings is 1. The van der Waals surface area contributed by atoms with Crippen LogP contribution in [-0.2, 0) is 6.42 Å². The fourth-order valence-corrected chi connectivity index (χ4v) is 3.17. The van der Waals surface area contributed by atoms with Gasteiger partial charge < -0.3 is 10.2 Å². The van der Waals surface area contributed by atoms with E-state index in [-0.39, 0.29) is 6.03 Å². The Morgan fingerprint density at radius 1 is 1.32 bits per heavy atom. The summed E-state index contributed by atoms with van der Waals surface area (Å²) in [4.78, 5) is 16.5. The number of amides is 2. The van der Waals surface area contributed by atoms with Crippen molar-refractivity contribution in [1.29, 1.82) is 0 Å². The molecule has 6 heteroatoms. The first-order valence-corrected chi connectivity index (χ1v) is 9.45. The quantitative estimate of drug-likeness (QED) is 0.863. The molecule has 2 rings (SSSR count). The van der Waals surface area contributed by atoms with E-state index in [4.69, 9.17) is 11.6 Å². The Hall–Kier alpha value is -0.910. The number of halogens is 1. The Labute approximate surface area is 142 Å². The molecular formula is C16H24ClN3OS. The molecule has 1 aromatic carbocycles. The summed E-state index contributed by atoms with van der Waals surface area (Å²) < 4.78 is 0. The molecular weight excluding hydrogens is 318 g/mol. The standard InChI is InChI=1S/C16H24ClN3OS/c1-22-12-11-19-7-9-20(10-8-19)16(21)18-6-5-14-3-2-4-15(17)13-14/h2-4,13H,5-12H2,1H3,(H,18,21). The fourth-order valence-electron chi connectivity index (χ4n) is 2.51. The van der Waals surface area contributed by atoms with E-state index in [0.717, 1.165) is 55.5 Å². The normalized spacial score (nSPS) is 15.8. The predicted molar refractivity (Wildman–Crippen MR) is 94.9 cm³/mol. The second-order valence-corrected chi connectivity index (χ2v) is 6.86. The van der Waals surface area contributed by atoms with E-state index in [1.54, 1.807) is 0 Å². The van der Waals surface area contributed by atoms with Crippen LogP contribution in [-0.4, -0.2) is 67.1 Å². The minimum absolute atomic E-state index is 0.0477. The average Bonchev–Trinajstić information content (AvgIpc) is 2.53. The van der Waals surface area contributed by atoms with Crippen LogP contribution in [0, 0.1) is 0 Å². The van der Waals surface area contributed by atoms with Crippen molar-refractivity contribution < 1.29 is 4.79 Å². The van der Waals surface area contributed by atoms with Gasteiger partial charge in [0, 0.05) is 50.0 Å². The van der Waals surface area contributed by atoms with Crippen LogP contribution in [0.2, 0.25) is 5.02 Å². The average molecular weight is 342 g/mol. The fraction of sp³-hybridized carbons (Fsp3) is 0.562. The van der Waals surface area contributed by atoms with Gasteiger partial charge in [-0.05, 0) is 30.4 Å². The summed E-state index contributed by atoms with van der Waals surface area (Å²) in [6, 6.07) is 7.82. The van der Waals surface area contributed by atoms with E-state index in [9.17, 15) is 4.79 Å². The van der Waals surface area contributed by atoms with Crippen LogP contribution in [0.15, 0.2) is 24.3 Å². The molecule has 22 heavy (non-hydrogen) atoms. The van der Waals surface area contributed by atoms with Gasteiger partial charge in [-0.25, -0.2) is 4.79 Å². The molecule has 0 bridgehead atoms. The van der Waals surface area contributed by atoms with Crippen molar-refractivity contribution in [3.63, 3.8) is 0 Å². The minimum atomic E-state index is 0.0477. The highest BCUT2D eigenvalue weighted by Gasteiger charge is 2.20. The van der Waals surface area contributed by atoms with Gasteiger partial charge in [-0.1, -0.05) is 23.7 Å². The van der Waals surface area contributed by atoms with Crippen LogP contribution in [0.1, 0.15) is 5.56 Å². The number of rotatable bonds is 6. The molecule has 0 radical (unpaired) electrons. The first-order valence-electron chi connectivity index (χ1n) is 7.67. The predicted octanol–water partition coefficient (Wildman–Crippen LogP) is 2.57. The number of carbonyl (C=O) groups is 1. The van der Waals surface area contributed by atoms with Gasteiger partial charge in [-0.15, -0.1) is 0 Å². The van der Waals surface area contributed by atoms with Gasteiger partial charge in [0.2, 0.25) is 0 Å². The molecule has 122 valence electrons. The van der Waals surface area contributed by atoms with Gasteiger partial charge in [0.05, 0.1) is 0 Å². The maximum Gasteiger partial charge on any atom is 0.317 e. The summed E-state index contributed by atoms with van der Waals surface area (Å²) in [6.07, 6.45) is 2.93. The number of nitrogens with zero attached hydrogens (tertiary/aromatic N) is 2. The SMILES string of the molecule is CSCCN1CCN(C(=O)NCCc2cccc(Cl)c2)CC1. The zero-order valence-electron chi connectivity index (χ0n) is 13.1. The summed E-state index contributed by atoms with van der Waals surface area (Å²) in [5.41, 5.74) is 1.15. The van der Waals surface area contributed by atoms with Gasteiger partial charge in [-0.2, -0.15) is 11.8 Å². The molecule has 1 aliphatic rings. The third-order valence-electron chi connectivity index (χ3n) is 3.85. The highest BCUT2D eigenvalue weighted by atomic mass is 35.5. The van der Waals surface area contributed by atoms with Crippen LogP contribution in [0.3, 0.4) is 0 Å². The Kier molecular flexibility index (Phi) is 7.36. The van der Waals surface area contributed by atoms with E-state index in [2.05, 4.69) is 16.5 Å². The third-order valence-corrected chi connectivity index (χ3v) is 4.68. The van der Waals surface area contributed by atoms with Crippen LogP contribution in [0.4, 0.5) is 4.79 Å². The molecule has 0 unspecified atom stereocenters. The summed E-state index contributed by atoms with van der Waals surface area (Å²) in [6.45, 7) is 5.34. The lowest BCUT2D eigenvalue weighted by Crippen LogP contribution is -2.52. The number of thioether (sulfide) groups is 1. The number of hydrogen-bond acceptors (Lipinski definition) is 3. The summed E-state index contributed by atoms with van der Waals surface area (Å²) in [5, 5.41) is 3.74. The van der Waals surface area contributed by atoms with E-state index in [0.29, 0.717) is 6.54 Å². The van der Waals surface area contributed by atoms with Crippen molar-refractivity contribution in [2.24, 2.45) is 0 Å². The van der Waals surface area contributed by atoms with Gasteiger partial charge in [0.25, 0.3) is 0 Å². The summed E-state index contributed by atoms with van der Waals surface area (Å²) in [5.74, 6) is 1.16. The Morgan fingerprint density at radius 3 is 2.77 bits per heavy atom. The van der Waals surface area contributed by atoms with Crippen LogP contribution in [0.25, 0.3) is 0 Å². The van der Waals surface area contributed by atoms with Crippen LogP contribution in [0.5, 0.6) is 0 Å². The van der Waals surface area contributed by atoms with E-state index in [1.165, 1.54) is 0 Å². The molecule has 0 aliphatic carbocycles. The van der Waals surface area contributed by atoms with Crippen molar-refractivity contribution in [3.05, 3.63) is 34.9 Å². The lowest BCUT2D eigenvalue weighted by molar-refractivity contribution is 0.144. The topological polar surface area (TPSA) is 35.6 Å². The molecule has 0 aromatic heterocycles. The molecule has 0 atom stereocenters. The Bertz CT molecular complexity index is 478. The Balaban J connectivity index is 1.66. The molecule has 1 fully saturated rings. The third kappa shape index (κ3) is 5.71. The number of nitrogens with one attached hydrogen (secondary N) is 1. The first-order chi connectivity index (χ1) is 10.7. The zero-order valence-corrected chi connectivity index (χ0v) is 14.6. The highest BCUT2D eigenvalue weighted by molar-refractivity contribution is 7.98. The van der Waals surface area contributed by atoms with Crippen molar-refractivity contribution in [1.82, 2.24) is 15.1 Å². The monoisotopic (exact) mass is 341 g/mol. The molecule has 1 aromatic rings. The lowest BCUT2D eigenvalue weighted by Gasteiger charge is -2.34. The van der Waals surface area contributed by atoms with Gasteiger partial charge >= 0.3 is 6.03 Å². The second kappa shape index (κ2) is 9.28. The van der Waals surface area contributed by atoms with Gasteiger partial charge in [0.15, 0.2) is 0 Å². The molecule has 2 amide bonds. The highest BCUT2D eigenvalue weighted by Crippen LogP contribution is 2.10. The van der Waals surface area contributed by atoms with Crippen molar-refractivity contribution in [2.75, 3.05) is 51.3 Å². The molecule has 1 N–H and O–H groups in total. The molecule has 1 aliphatic heterocycles. The minimum Gasteiger partial charge on any atom is -0.338 e. The van der Waals surface area contributed by atoms with Crippen LogP contribution < -0.4 is 5.32 Å². The van der Waals surface area contributed by atoms with Crippen molar-refractivity contribution >= 4 is 29.4 Å². The van der Waals surface area contributed by atoms with E-state index in [1.807, 2.05) is 40.9 Å². The maximum absolute atomic E-state index is 12.1. The van der Waals surface area contributed by atoms with Gasteiger partial charge in [-0.3, -0.25) is 4.90 Å². The number of benzene rings is 1. The van der Waals surface area contributed by atoms with Crippen molar-refractivity contribution in [3.8, 4) is 0 Å². The molecule has 1 saturated heterocycles. The van der Waals surface area contributed by atoms with Crippen LogP contribution >= 0.6 is 23.4 Å². The smallest absolute Gasteiger partial charge is 0.317 e. The number of urea groups is 1. The molecule has 4 nitrogen and oxygen atoms in total. The Morgan fingerprint density at radius 2 is 2.09 bits per heavy atom. The largest absolute Gasteiger partial charge is 0.338 e. The molecule has 0 saturated carbocycles.